The van der Waals surface area contributed by atoms with Crippen LogP contribution in [0.15, 0.2) is 4.90 Å². The molecule has 0 aliphatic carbocycles. The van der Waals surface area contributed by atoms with E-state index in [1.165, 1.54) is 11.7 Å². The molecule has 1 heterocycles. The van der Waals surface area contributed by atoms with Crippen LogP contribution in [0, 0.1) is 6.92 Å². The summed E-state index contributed by atoms with van der Waals surface area (Å²) < 4.78 is 38.3. The number of hydrogen-bond acceptors (Lipinski definition) is 2. The van der Waals surface area contributed by atoms with E-state index in [0.717, 1.165) is 11.8 Å². The molecule has 1 rings (SSSR count). The van der Waals surface area contributed by atoms with E-state index in [1.54, 1.807) is 13.2 Å². The second kappa shape index (κ2) is 3.25. The summed E-state index contributed by atoms with van der Waals surface area (Å²) in [5.41, 5.74) is -0.250. The van der Waals surface area contributed by atoms with E-state index in [-0.39, 0.29) is 4.90 Å². The summed E-state index contributed by atoms with van der Waals surface area (Å²) in [6.45, 7) is 1.62. The van der Waals surface area contributed by atoms with Gasteiger partial charge in [-0.1, -0.05) is 0 Å². The van der Waals surface area contributed by atoms with Crippen LogP contribution in [0.2, 0.25) is 0 Å². The van der Waals surface area contributed by atoms with Crippen molar-refractivity contribution >= 4 is 11.8 Å². The summed E-state index contributed by atoms with van der Waals surface area (Å²) in [6.07, 6.45) is -2.75. The zero-order valence-electron chi connectivity index (χ0n) is 7.44. The van der Waals surface area contributed by atoms with Crippen molar-refractivity contribution in [2.75, 3.05) is 6.26 Å². The lowest BCUT2D eigenvalue weighted by Crippen LogP contribution is -2.07. The summed E-state index contributed by atoms with van der Waals surface area (Å²) in [4.78, 5) is 0.204. The molecule has 0 saturated carbocycles. The Labute approximate surface area is 78.1 Å². The van der Waals surface area contributed by atoms with E-state index in [9.17, 15) is 13.2 Å². The van der Waals surface area contributed by atoms with E-state index in [1.807, 2.05) is 0 Å². The van der Waals surface area contributed by atoms with Gasteiger partial charge in [-0.2, -0.15) is 18.3 Å². The van der Waals surface area contributed by atoms with E-state index in [0.29, 0.717) is 5.69 Å². The minimum Gasteiger partial charge on any atom is -0.271 e. The normalized spacial score (nSPS) is 12.2. The second-order valence-electron chi connectivity index (χ2n) is 2.59. The second-order valence-corrected chi connectivity index (χ2v) is 3.41. The molecule has 1 aromatic heterocycles. The number of halogens is 3. The smallest absolute Gasteiger partial charge is 0.271 e. The van der Waals surface area contributed by atoms with Crippen LogP contribution in [0.5, 0.6) is 0 Å². The Balaban J connectivity index is 3.30. The summed E-state index contributed by atoms with van der Waals surface area (Å²) in [6, 6.07) is 0. The van der Waals surface area contributed by atoms with Gasteiger partial charge in [-0.3, -0.25) is 4.68 Å². The van der Waals surface area contributed by atoms with E-state index in [4.69, 9.17) is 0 Å². The molecule has 0 bridgehead atoms. The average molecular weight is 210 g/mol. The van der Waals surface area contributed by atoms with Crippen LogP contribution in [-0.2, 0) is 13.2 Å². The van der Waals surface area contributed by atoms with E-state index < -0.39 is 11.9 Å². The van der Waals surface area contributed by atoms with Gasteiger partial charge in [0, 0.05) is 12.7 Å². The summed E-state index contributed by atoms with van der Waals surface area (Å²) in [5.74, 6) is 0. The van der Waals surface area contributed by atoms with E-state index in [2.05, 4.69) is 5.10 Å². The molecule has 74 valence electrons. The topological polar surface area (TPSA) is 17.8 Å². The van der Waals surface area contributed by atoms with Gasteiger partial charge in [0.1, 0.15) is 0 Å². The number of aromatic nitrogens is 2. The maximum atomic E-state index is 12.3. The highest BCUT2D eigenvalue weighted by atomic mass is 32.2. The molecule has 0 fully saturated rings. The van der Waals surface area contributed by atoms with Crippen molar-refractivity contribution in [3.05, 3.63) is 11.4 Å². The first-order valence-electron chi connectivity index (χ1n) is 3.52. The molecule has 0 radical (unpaired) electrons. The van der Waals surface area contributed by atoms with Gasteiger partial charge < -0.3 is 0 Å². The first-order valence-corrected chi connectivity index (χ1v) is 4.75. The molecule has 0 atom stereocenters. The molecule has 0 N–H and O–H groups in total. The van der Waals surface area contributed by atoms with Crippen molar-refractivity contribution in [1.82, 2.24) is 9.78 Å². The van der Waals surface area contributed by atoms with Crippen LogP contribution < -0.4 is 0 Å². The predicted molar refractivity (Wildman–Crippen MR) is 44.7 cm³/mol. The highest BCUT2D eigenvalue weighted by Crippen LogP contribution is 2.36. The third-order valence-electron chi connectivity index (χ3n) is 1.75. The maximum absolute atomic E-state index is 12.3. The van der Waals surface area contributed by atoms with Gasteiger partial charge in [0.25, 0.3) is 0 Å². The first kappa shape index (κ1) is 10.4. The largest absolute Gasteiger partial charge is 0.436 e. The molecule has 13 heavy (non-hydrogen) atoms. The minimum atomic E-state index is -4.36. The zero-order chi connectivity index (χ0) is 10.2. The minimum absolute atomic E-state index is 0.204. The lowest BCUT2D eigenvalue weighted by Gasteiger charge is -2.03. The van der Waals surface area contributed by atoms with Gasteiger partial charge in [-0.25, -0.2) is 0 Å². The summed E-state index contributed by atoms with van der Waals surface area (Å²) >= 11 is 1.07. The van der Waals surface area contributed by atoms with Crippen molar-refractivity contribution in [1.29, 1.82) is 0 Å². The average Bonchev–Trinajstić information content (AvgIpc) is 2.28. The molecule has 0 amide bonds. The maximum Gasteiger partial charge on any atom is 0.436 e. The molecule has 2 nitrogen and oxygen atoms in total. The molecular formula is C7H9F3N2S. The molecule has 0 aromatic carbocycles. The van der Waals surface area contributed by atoms with Gasteiger partial charge in [-0.15, -0.1) is 11.8 Å². The molecule has 0 spiro atoms. The standard InChI is InChI=1S/C7H9F3N2S/c1-4-5(13-3)6(7(8,9)10)11-12(4)2/h1-3H3. The Morgan fingerprint density at radius 2 is 1.92 bits per heavy atom. The molecule has 0 aliphatic heterocycles. The Bertz CT molecular complexity index is 316. The summed E-state index contributed by atoms with van der Waals surface area (Å²) in [7, 11) is 1.50. The van der Waals surface area contributed by atoms with Crippen LogP contribution in [0.1, 0.15) is 11.4 Å². The lowest BCUT2D eigenvalue weighted by atomic mass is 10.3. The number of aryl methyl sites for hydroxylation is 1. The number of rotatable bonds is 1. The first-order chi connectivity index (χ1) is 5.88. The Morgan fingerprint density at radius 3 is 2.23 bits per heavy atom. The highest BCUT2D eigenvalue weighted by Gasteiger charge is 2.37. The Hall–Kier alpha value is -0.650. The zero-order valence-corrected chi connectivity index (χ0v) is 8.25. The van der Waals surface area contributed by atoms with Crippen LogP contribution >= 0.6 is 11.8 Å². The number of hydrogen-bond donors (Lipinski definition) is 0. The number of thioether (sulfide) groups is 1. The lowest BCUT2D eigenvalue weighted by molar-refractivity contribution is -0.143. The number of nitrogens with zero attached hydrogens (tertiary/aromatic N) is 2. The highest BCUT2D eigenvalue weighted by molar-refractivity contribution is 7.98. The predicted octanol–water partition coefficient (Wildman–Crippen LogP) is 2.47. The van der Waals surface area contributed by atoms with Crippen LogP contribution in [0.4, 0.5) is 13.2 Å². The Morgan fingerprint density at radius 1 is 1.38 bits per heavy atom. The number of alkyl halides is 3. The van der Waals surface area contributed by atoms with Crippen LogP contribution in [0.25, 0.3) is 0 Å². The fourth-order valence-corrected chi connectivity index (χ4v) is 1.80. The van der Waals surface area contributed by atoms with Gasteiger partial charge >= 0.3 is 6.18 Å². The fourth-order valence-electron chi connectivity index (χ4n) is 1.02. The van der Waals surface area contributed by atoms with Crippen LogP contribution in [-0.4, -0.2) is 16.0 Å². The monoisotopic (exact) mass is 210 g/mol. The summed E-state index contributed by atoms with van der Waals surface area (Å²) in [5, 5.41) is 3.42. The van der Waals surface area contributed by atoms with Crippen molar-refractivity contribution in [3.8, 4) is 0 Å². The van der Waals surface area contributed by atoms with Gasteiger partial charge in [0.15, 0.2) is 5.69 Å². The van der Waals surface area contributed by atoms with Gasteiger partial charge in [0.05, 0.1) is 4.90 Å². The van der Waals surface area contributed by atoms with Gasteiger partial charge in [0.2, 0.25) is 0 Å². The Kier molecular flexibility index (Phi) is 2.61. The van der Waals surface area contributed by atoms with Crippen molar-refractivity contribution in [2.24, 2.45) is 7.05 Å². The molecule has 0 saturated heterocycles. The quantitative estimate of drug-likeness (QED) is 0.663. The van der Waals surface area contributed by atoms with Gasteiger partial charge in [-0.05, 0) is 13.2 Å². The molecule has 6 heteroatoms. The molecule has 1 aromatic rings. The third-order valence-corrected chi connectivity index (χ3v) is 2.65. The molecule has 0 unspecified atom stereocenters. The molecular weight excluding hydrogens is 201 g/mol. The molecule has 0 aliphatic rings. The van der Waals surface area contributed by atoms with Crippen molar-refractivity contribution in [3.63, 3.8) is 0 Å². The van der Waals surface area contributed by atoms with Crippen molar-refractivity contribution in [2.45, 2.75) is 18.0 Å². The van der Waals surface area contributed by atoms with E-state index >= 15 is 0 Å². The SMILES string of the molecule is CSc1c(C(F)(F)F)nn(C)c1C. The van der Waals surface area contributed by atoms with Crippen molar-refractivity contribution < 1.29 is 13.2 Å². The fraction of sp³-hybridized carbons (Fsp3) is 0.571. The van der Waals surface area contributed by atoms with Crippen LogP contribution in [0.3, 0.4) is 0 Å². The third kappa shape index (κ3) is 1.82.